The van der Waals surface area contributed by atoms with E-state index in [9.17, 15) is 14.4 Å². The van der Waals surface area contributed by atoms with Crippen LogP contribution in [0, 0.1) is 12.8 Å². The molecule has 2 saturated heterocycles. The smallest absolute Gasteiger partial charge is 0.254 e. The number of carbonyl (C=O) groups is 3. The van der Waals surface area contributed by atoms with Crippen molar-refractivity contribution < 1.29 is 14.4 Å². The monoisotopic (exact) mass is 426 g/mol. The minimum absolute atomic E-state index is 0.0113. The average molecular weight is 427 g/mol. The number of hydrogen-bond donors (Lipinski definition) is 1. The van der Waals surface area contributed by atoms with Crippen LogP contribution in [-0.2, 0) is 9.59 Å². The summed E-state index contributed by atoms with van der Waals surface area (Å²) in [5.74, 6) is -0.0730. The quantitative estimate of drug-likeness (QED) is 0.777. The zero-order valence-corrected chi connectivity index (χ0v) is 18.8. The zero-order chi connectivity index (χ0) is 22.1. The molecule has 2 aliphatic heterocycles. The van der Waals surface area contributed by atoms with Gasteiger partial charge in [-0.25, -0.2) is 0 Å². The molecule has 31 heavy (non-hydrogen) atoms. The van der Waals surface area contributed by atoms with Gasteiger partial charge >= 0.3 is 0 Å². The summed E-state index contributed by atoms with van der Waals surface area (Å²) in [5.41, 5.74) is 1.68. The predicted molar refractivity (Wildman–Crippen MR) is 119 cm³/mol. The first-order valence-corrected chi connectivity index (χ1v) is 11.6. The topological polar surface area (TPSA) is 73.0 Å². The number of aryl methyl sites for hydroxylation is 1. The van der Waals surface area contributed by atoms with Gasteiger partial charge in [0.25, 0.3) is 5.91 Å². The van der Waals surface area contributed by atoms with Gasteiger partial charge in [-0.3, -0.25) is 14.4 Å². The molecule has 2 heterocycles. The Kier molecular flexibility index (Phi) is 6.32. The molecule has 7 heteroatoms. The molecule has 3 aliphatic rings. The van der Waals surface area contributed by atoms with E-state index in [0.717, 1.165) is 31.5 Å². The highest BCUT2D eigenvalue weighted by Crippen LogP contribution is 2.35. The van der Waals surface area contributed by atoms with Crippen molar-refractivity contribution in [2.45, 2.75) is 58.2 Å². The van der Waals surface area contributed by atoms with Crippen LogP contribution in [0.25, 0.3) is 0 Å². The van der Waals surface area contributed by atoms with Crippen LogP contribution in [-0.4, -0.2) is 83.3 Å². The molecule has 7 nitrogen and oxygen atoms in total. The fourth-order valence-corrected chi connectivity index (χ4v) is 4.74. The highest BCUT2D eigenvalue weighted by molar-refractivity contribution is 5.98. The third-order valence-corrected chi connectivity index (χ3v) is 6.63. The van der Waals surface area contributed by atoms with Crippen LogP contribution in [0.3, 0.4) is 0 Å². The third-order valence-electron chi connectivity index (χ3n) is 6.63. The van der Waals surface area contributed by atoms with Crippen molar-refractivity contribution in [2.75, 3.05) is 32.7 Å². The second-order valence-electron chi connectivity index (χ2n) is 9.44. The molecule has 1 aromatic carbocycles. The molecule has 1 N–H and O–H groups in total. The number of benzene rings is 1. The first-order valence-electron chi connectivity index (χ1n) is 11.6. The Morgan fingerprint density at radius 1 is 1.03 bits per heavy atom. The Bertz CT molecular complexity index is 828. The van der Waals surface area contributed by atoms with E-state index in [0.29, 0.717) is 31.6 Å². The molecule has 0 bridgehead atoms. The van der Waals surface area contributed by atoms with Gasteiger partial charge in [-0.15, -0.1) is 0 Å². The van der Waals surface area contributed by atoms with Gasteiger partial charge in [-0.05, 0) is 38.3 Å². The second kappa shape index (κ2) is 8.99. The summed E-state index contributed by atoms with van der Waals surface area (Å²) in [5, 5.41) is 3.28. The number of hydrogen-bond acceptors (Lipinski definition) is 4. The van der Waals surface area contributed by atoms with Crippen molar-refractivity contribution in [1.82, 2.24) is 20.0 Å². The van der Waals surface area contributed by atoms with Crippen LogP contribution in [0.4, 0.5) is 0 Å². The van der Waals surface area contributed by atoms with Crippen LogP contribution in [0.15, 0.2) is 24.3 Å². The summed E-state index contributed by atoms with van der Waals surface area (Å²) >= 11 is 0. The Balaban J connectivity index is 1.60. The van der Waals surface area contributed by atoms with E-state index >= 15 is 0 Å². The minimum atomic E-state index is -0.516. The van der Waals surface area contributed by atoms with E-state index in [4.69, 9.17) is 0 Å². The molecular formula is C24H34N4O3. The molecule has 3 fully saturated rings. The lowest BCUT2D eigenvalue weighted by atomic mass is 10.1. The summed E-state index contributed by atoms with van der Waals surface area (Å²) < 4.78 is 0. The molecule has 1 aliphatic carbocycles. The zero-order valence-electron chi connectivity index (χ0n) is 18.8. The molecule has 1 aromatic rings. The van der Waals surface area contributed by atoms with Gasteiger partial charge in [0.15, 0.2) is 0 Å². The van der Waals surface area contributed by atoms with Crippen molar-refractivity contribution in [2.24, 2.45) is 5.92 Å². The van der Waals surface area contributed by atoms with E-state index in [1.165, 1.54) is 0 Å². The van der Waals surface area contributed by atoms with Crippen LogP contribution < -0.4 is 5.32 Å². The molecule has 2 atom stereocenters. The highest BCUT2D eigenvalue weighted by atomic mass is 16.2. The average Bonchev–Trinajstić information content (AvgIpc) is 3.51. The molecule has 0 spiro atoms. The number of nitrogens with one attached hydrogen (secondary N) is 1. The lowest BCUT2D eigenvalue weighted by molar-refractivity contribution is -0.138. The molecule has 2 unspecified atom stereocenters. The number of amides is 3. The van der Waals surface area contributed by atoms with Gasteiger partial charge in [0.2, 0.25) is 11.8 Å². The van der Waals surface area contributed by atoms with Crippen LogP contribution >= 0.6 is 0 Å². The lowest BCUT2D eigenvalue weighted by Gasteiger charge is -2.32. The summed E-state index contributed by atoms with van der Waals surface area (Å²) in [6.45, 7) is 9.11. The fourth-order valence-electron chi connectivity index (χ4n) is 4.74. The Morgan fingerprint density at radius 3 is 2.26 bits per heavy atom. The minimum Gasteiger partial charge on any atom is -0.338 e. The first kappa shape index (κ1) is 21.8. The largest absolute Gasteiger partial charge is 0.338 e. The van der Waals surface area contributed by atoms with E-state index < -0.39 is 6.04 Å². The molecule has 0 aromatic heterocycles. The normalized spacial score (nSPS) is 23.9. The molecule has 0 radical (unpaired) electrons. The molecule has 168 valence electrons. The summed E-state index contributed by atoms with van der Waals surface area (Å²) in [4.78, 5) is 45.5. The van der Waals surface area contributed by atoms with Gasteiger partial charge in [0.05, 0.1) is 6.04 Å². The molecule has 1 saturated carbocycles. The maximum Gasteiger partial charge on any atom is 0.254 e. The number of nitrogens with zero attached hydrogens (tertiary/aromatic N) is 3. The van der Waals surface area contributed by atoms with E-state index in [2.05, 4.69) is 5.32 Å². The molecular weight excluding hydrogens is 392 g/mol. The van der Waals surface area contributed by atoms with Crippen molar-refractivity contribution in [1.29, 1.82) is 0 Å². The third kappa shape index (κ3) is 4.61. The fraction of sp³-hybridized carbons (Fsp3) is 0.625. The maximum atomic E-state index is 13.5. The van der Waals surface area contributed by atoms with E-state index in [-0.39, 0.29) is 35.7 Å². The van der Waals surface area contributed by atoms with E-state index in [1.54, 1.807) is 4.90 Å². The number of piperazine rings is 1. The number of carbonyl (C=O) groups excluding carboxylic acids is 3. The summed E-state index contributed by atoms with van der Waals surface area (Å²) in [6.07, 6.45) is 2.55. The summed E-state index contributed by atoms with van der Waals surface area (Å²) in [6, 6.07) is 7.14. The van der Waals surface area contributed by atoms with Gasteiger partial charge < -0.3 is 20.0 Å². The van der Waals surface area contributed by atoms with Crippen molar-refractivity contribution in [3.63, 3.8) is 0 Å². The number of rotatable bonds is 5. The van der Waals surface area contributed by atoms with Gasteiger partial charge in [-0.2, -0.15) is 0 Å². The van der Waals surface area contributed by atoms with Crippen LogP contribution in [0.2, 0.25) is 0 Å². The van der Waals surface area contributed by atoms with Crippen LogP contribution in [0.5, 0.6) is 0 Å². The van der Waals surface area contributed by atoms with E-state index in [1.807, 2.05) is 54.8 Å². The van der Waals surface area contributed by atoms with Gasteiger partial charge in [0.1, 0.15) is 6.04 Å². The van der Waals surface area contributed by atoms with Crippen molar-refractivity contribution >= 4 is 17.7 Å². The van der Waals surface area contributed by atoms with Crippen molar-refractivity contribution in [3.8, 4) is 0 Å². The van der Waals surface area contributed by atoms with Gasteiger partial charge in [-0.1, -0.05) is 31.5 Å². The van der Waals surface area contributed by atoms with Crippen molar-refractivity contribution in [3.05, 3.63) is 35.4 Å². The molecule has 3 amide bonds. The van der Waals surface area contributed by atoms with Crippen LogP contribution in [0.1, 0.15) is 49.0 Å². The number of likely N-dealkylation sites (tertiary alicyclic amines) is 1. The Morgan fingerprint density at radius 2 is 1.68 bits per heavy atom. The maximum absolute atomic E-state index is 13.5. The highest BCUT2D eigenvalue weighted by Gasteiger charge is 2.48. The Labute approximate surface area is 184 Å². The SMILES string of the molecule is Cc1ccc(C(=O)N2CC(N(C(=O)C(C)C)C3CC3)CC2C(=O)N2CCNCC2)cc1. The summed E-state index contributed by atoms with van der Waals surface area (Å²) in [7, 11) is 0. The lowest BCUT2D eigenvalue weighted by Crippen LogP contribution is -2.53. The van der Waals surface area contributed by atoms with Gasteiger partial charge in [0, 0.05) is 50.2 Å². The Hall–Kier alpha value is -2.41. The predicted octanol–water partition coefficient (Wildman–Crippen LogP) is 1.66. The first-order chi connectivity index (χ1) is 14.9. The standard InChI is InChI=1S/C24H34N4O3/c1-16(2)22(29)28(19-8-9-19)20-14-21(24(31)26-12-10-25-11-13-26)27(15-20)23(30)18-6-4-17(3)5-7-18/h4-7,16,19-21,25H,8-15H2,1-3H3. The second-order valence-corrected chi connectivity index (χ2v) is 9.44. The molecule has 4 rings (SSSR count).